The summed E-state index contributed by atoms with van der Waals surface area (Å²) >= 11 is 0. The van der Waals surface area contributed by atoms with Crippen molar-refractivity contribution in [3.8, 4) is 0 Å². The normalized spacial score (nSPS) is 11.6. The topological polar surface area (TPSA) is 124 Å². The first-order valence-corrected chi connectivity index (χ1v) is 6.46. The minimum atomic E-state index is -3.67. The second kappa shape index (κ2) is 4.70. The lowest BCUT2D eigenvalue weighted by Gasteiger charge is -2.04. The third kappa shape index (κ3) is 2.81. The van der Waals surface area contributed by atoms with Gasteiger partial charge in [0, 0.05) is 12.3 Å². The van der Waals surface area contributed by atoms with Gasteiger partial charge in [-0.15, -0.1) is 0 Å². The molecule has 96 valence electrons. The van der Waals surface area contributed by atoms with E-state index in [0.717, 1.165) is 0 Å². The van der Waals surface area contributed by atoms with E-state index in [4.69, 9.17) is 10.3 Å². The maximum atomic E-state index is 11.9. The van der Waals surface area contributed by atoms with Crippen molar-refractivity contribution >= 4 is 15.8 Å². The zero-order chi connectivity index (χ0) is 13.2. The summed E-state index contributed by atoms with van der Waals surface area (Å²) in [5, 5.41) is 3.55. The lowest BCUT2D eigenvalue weighted by atomic mass is 10.5. The molecule has 0 radical (unpaired) electrons. The van der Waals surface area contributed by atoms with E-state index in [9.17, 15) is 8.42 Å². The summed E-state index contributed by atoms with van der Waals surface area (Å²) in [6.07, 6.45) is 1.32. The standard InChI is InChI=1S/C9H11N5O3S/c1-6-13-9(17-14-6)5-12-18(15,16)7-2-3-11-8(10)4-7/h2-4,12H,5H2,1H3,(H2,10,11). The molecule has 2 aromatic heterocycles. The fourth-order valence-corrected chi connectivity index (χ4v) is 2.24. The molecule has 0 saturated heterocycles. The monoisotopic (exact) mass is 269 g/mol. The number of sulfonamides is 1. The van der Waals surface area contributed by atoms with Crippen LogP contribution in [0, 0.1) is 6.92 Å². The average molecular weight is 269 g/mol. The number of nitrogens with one attached hydrogen (secondary N) is 1. The molecule has 8 nitrogen and oxygen atoms in total. The number of nitrogens with two attached hydrogens (primary N) is 1. The molecule has 0 spiro atoms. The average Bonchev–Trinajstić information content (AvgIpc) is 2.73. The van der Waals surface area contributed by atoms with Gasteiger partial charge in [0.05, 0.1) is 11.4 Å². The first kappa shape index (κ1) is 12.5. The molecular weight excluding hydrogens is 258 g/mol. The van der Waals surface area contributed by atoms with Crippen LogP contribution < -0.4 is 10.5 Å². The lowest BCUT2D eigenvalue weighted by Crippen LogP contribution is -2.23. The quantitative estimate of drug-likeness (QED) is 0.789. The Hall–Kier alpha value is -2.00. The first-order valence-electron chi connectivity index (χ1n) is 4.98. The fraction of sp³-hybridized carbons (Fsp3) is 0.222. The highest BCUT2D eigenvalue weighted by Crippen LogP contribution is 2.10. The van der Waals surface area contributed by atoms with Gasteiger partial charge in [0.2, 0.25) is 15.9 Å². The van der Waals surface area contributed by atoms with Gasteiger partial charge >= 0.3 is 0 Å². The van der Waals surface area contributed by atoms with Gasteiger partial charge in [0.25, 0.3) is 0 Å². The second-order valence-electron chi connectivity index (χ2n) is 3.48. The third-order valence-electron chi connectivity index (χ3n) is 2.05. The molecule has 0 unspecified atom stereocenters. The van der Waals surface area contributed by atoms with Crippen LogP contribution in [0.4, 0.5) is 5.82 Å². The van der Waals surface area contributed by atoms with Crippen molar-refractivity contribution in [2.45, 2.75) is 18.4 Å². The predicted molar refractivity (Wildman–Crippen MR) is 61.7 cm³/mol. The van der Waals surface area contributed by atoms with Crippen LogP contribution in [0.3, 0.4) is 0 Å². The van der Waals surface area contributed by atoms with Crippen molar-refractivity contribution < 1.29 is 12.9 Å². The summed E-state index contributed by atoms with van der Waals surface area (Å²) in [6.45, 7) is 1.57. The molecular formula is C9H11N5O3S. The number of aromatic nitrogens is 3. The summed E-state index contributed by atoms with van der Waals surface area (Å²) in [7, 11) is -3.67. The van der Waals surface area contributed by atoms with Crippen molar-refractivity contribution in [1.29, 1.82) is 0 Å². The maximum Gasteiger partial charge on any atom is 0.241 e. The highest BCUT2D eigenvalue weighted by Gasteiger charge is 2.15. The number of hydrogen-bond acceptors (Lipinski definition) is 7. The van der Waals surface area contributed by atoms with Gasteiger partial charge in [-0.3, -0.25) is 0 Å². The summed E-state index contributed by atoms with van der Waals surface area (Å²) in [6, 6.07) is 2.61. The van der Waals surface area contributed by atoms with Crippen molar-refractivity contribution in [1.82, 2.24) is 19.8 Å². The Morgan fingerprint density at radius 3 is 2.89 bits per heavy atom. The van der Waals surface area contributed by atoms with Crippen LogP contribution in [0.1, 0.15) is 11.7 Å². The number of anilines is 1. The molecule has 9 heteroatoms. The van der Waals surface area contributed by atoms with Crippen molar-refractivity contribution in [2.24, 2.45) is 0 Å². The largest absolute Gasteiger partial charge is 0.384 e. The number of hydrogen-bond donors (Lipinski definition) is 2. The van der Waals surface area contributed by atoms with Gasteiger partial charge in [-0.2, -0.15) is 4.98 Å². The van der Waals surface area contributed by atoms with Gasteiger partial charge in [-0.25, -0.2) is 18.1 Å². The SMILES string of the molecule is Cc1noc(CNS(=O)(=O)c2ccnc(N)c2)n1. The molecule has 0 fully saturated rings. The van der Waals surface area contributed by atoms with Crippen LogP contribution in [0.25, 0.3) is 0 Å². The lowest BCUT2D eigenvalue weighted by molar-refractivity contribution is 0.372. The van der Waals surface area contributed by atoms with E-state index >= 15 is 0 Å². The second-order valence-corrected chi connectivity index (χ2v) is 5.24. The van der Waals surface area contributed by atoms with E-state index in [0.29, 0.717) is 5.82 Å². The Morgan fingerprint density at radius 1 is 1.50 bits per heavy atom. The van der Waals surface area contributed by atoms with Crippen LogP contribution in [0.5, 0.6) is 0 Å². The number of pyridine rings is 1. The van der Waals surface area contributed by atoms with Crippen molar-refractivity contribution in [3.63, 3.8) is 0 Å². The van der Waals surface area contributed by atoms with Crippen molar-refractivity contribution in [3.05, 3.63) is 30.0 Å². The molecule has 0 atom stereocenters. The number of nitrogens with zero attached hydrogens (tertiary/aromatic N) is 3. The number of nitrogen functional groups attached to an aromatic ring is 1. The Balaban J connectivity index is 2.13. The maximum absolute atomic E-state index is 11.9. The highest BCUT2D eigenvalue weighted by atomic mass is 32.2. The molecule has 0 aliphatic rings. The summed E-state index contributed by atoms with van der Waals surface area (Å²) < 4.78 is 30.9. The number of aryl methyl sites for hydroxylation is 1. The molecule has 0 aromatic carbocycles. The summed E-state index contributed by atoms with van der Waals surface area (Å²) in [4.78, 5) is 7.64. The predicted octanol–water partition coefficient (Wildman–Crippen LogP) is -0.166. The van der Waals surface area contributed by atoms with Gasteiger partial charge < -0.3 is 10.3 Å². The molecule has 0 aliphatic carbocycles. The number of rotatable bonds is 4. The summed E-state index contributed by atoms with van der Waals surface area (Å²) in [5.41, 5.74) is 5.42. The molecule has 0 saturated carbocycles. The Bertz CT molecular complexity index is 652. The van der Waals surface area contributed by atoms with Gasteiger partial charge in [-0.05, 0) is 13.0 Å². The van der Waals surface area contributed by atoms with E-state index in [1.807, 2.05) is 0 Å². The van der Waals surface area contributed by atoms with E-state index in [1.54, 1.807) is 6.92 Å². The molecule has 3 N–H and O–H groups in total. The van der Waals surface area contributed by atoms with Crippen molar-refractivity contribution in [2.75, 3.05) is 5.73 Å². The van der Waals surface area contributed by atoms with Crippen LogP contribution >= 0.6 is 0 Å². The molecule has 18 heavy (non-hydrogen) atoms. The zero-order valence-corrected chi connectivity index (χ0v) is 10.3. The Labute approximate surface area is 103 Å². The van der Waals surface area contributed by atoms with Gasteiger partial charge in [-0.1, -0.05) is 5.16 Å². The molecule has 0 amide bonds. The third-order valence-corrected chi connectivity index (χ3v) is 3.44. The smallest absolute Gasteiger partial charge is 0.241 e. The zero-order valence-electron chi connectivity index (χ0n) is 9.49. The molecule has 0 aliphatic heterocycles. The van der Waals surface area contributed by atoms with Crippen LogP contribution in [0.15, 0.2) is 27.7 Å². The van der Waals surface area contributed by atoms with Crippen LogP contribution in [-0.2, 0) is 16.6 Å². The Kier molecular flexibility index (Phi) is 3.26. The van der Waals surface area contributed by atoms with Gasteiger partial charge in [0.15, 0.2) is 5.82 Å². The van der Waals surface area contributed by atoms with E-state index in [-0.39, 0.29) is 23.1 Å². The Morgan fingerprint density at radius 2 is 2.28 bits per heavy atom. The van der Waals surface area contributed by atoms with E-state index < -0.39 is 10.0 Å². The van der Waals surface area contributed by atoms with E-state index in [1.165, 1.54) is 18.3 Å². The minimum Gasteiger partial charge on any atom is -0.384 e. The molecule has 0 bridgehead atoms. The van der Waals surface area contributed by atoms with E-state index in [2.05, 4.69) is 19.8 Å². The van der Waals surface area contributed by atoms with Gasteiger partial charge in [0.1, 0.15) is 5.82 Å². The minimum absolute atomic E-state index is 0.0336. The molecule has 2 aromatic rings. The summed E-state index contributed by atoms with van der Waals surface area (Å²) in [5.74, 6) is 0.766. The fourth-order valence-electron chi connectivity index (χ4n) is 1.25. The van der Waals surface area contributed by atoms with Crippen LogP contribution in [-0.4, -0.2) is 23.5 Å². The molecule has 2 rings (SSSR count). The highest BCUT2D eigenvalue weighted by molar-refractivity contribution is 7.89. The molecule has 2 heterocycles. The van der Waals surface area contributed by atoms with Crippen LogP contribution in [0.2, 0.25) is 0 Å². The first-order chi connectivity index (χ1) is 8.47.